The van der Waals surface area contributed by atoms with Crippen molar-refractivity contribution in [1.29, 1.82) is 0 Å². The van der Waals surface area contributed by atoms with Gasteiger partial charge in [0.25, 0.3) is 11.4 Å². The Morgan fingerprint density at radius 1 is 1.40 bits per heavy atom. The van der Waals surface area contributed by atoms with Crippen molar-refractivity contribution in [2.45, 2.75) is 6.92 Å². The second kappa shape index (κ2) is 6.56. The van der Waals surface area contributed by atoms with E-state index in [1.165, 1.54) is 18.5 Å². The van der Waals surface area contributed by atoms with E-state index in [1.54, 1.807) is 6.92 Å². The van der Waals surface area contributed by atoms with E-state index >= 15 is 0 Å². The number of aromatic nitrogens is 1. The van der Waals surface area contributed by atoms with Crippen LogP contribution in [-0.4, -0.2) is 22.5 Å². The van der Waals surface area contributed by atoms with Crippen LogP contribution in [0.2, 0.25) is 0 Å². The smallest absolute Gasteiger partial charge is 0.378 e. The SMILES string of the molecule is CCOC(=O)c1oc2ccncc2c1Oc1ccc([N+](=O)[O-])cc1F. The molecule has 8 nitrogen and oxygen atoms in total. The molecule has 0 saturated heterocycles. The van der Waals surface area contributed by atoms with Crippen molar-refractivity contribution in [2.75, 3.05) is 6.61 Å². The summed E-state index contributed by atoms with van der Waals surface area (Å²) in [4.78, 5) is 25.9. The molecule has 0 radical (unpaired) electrons. The van der Waals surface area contributed by atoms with Gasteiger partial charge in [-0.3, -0.25) is 15.1 Å². The van der Waals surface area contributed by atoms with Gasteiger partial charge in [-0.15, -0.1) is 0 Å². The predicted octanol–water partition coefficient (Wildman–Crippen LogP) is 3.84. The summed E-state index contributed by atoms with van der Waals surface area (Å²) in [5, 5.41) is 11.0. The van der Waals surface area contributed by atoms with Gasteiger partial charge in [-0.25, -0.2) is 9.18 Å². The molecule has 0 spiro atoms. The Balaban J connectivity index is 2.07. The lowest BCUT2D eigenvalue weighted by molar-refractivity contribution is -0.385. The monoisotopic (exact) mass is 346 g/mol. The van der Waals surface area contributed by atoms with Gasteiger partial charge in [-0.05, 0) is 19.1 Å². The van der Waals surface area contributed by atoms with Crippen LogP contribution in [0.1, 0.15) is 17.5 Å². The first-order valence-corrected chi connectivity index (χ1v) is 7.16. The third-order valence-electron chi connectivity index (χ3n) is 3.24. The summed E-state index contributed by atoms with van der Waals surface area (Å²) in [5.41, 5.74) is -0.121. The number of benzene rings is 1. The highest BCUT2D eigenvalue weighted by Crippen LogP contribution is 2.37. The summed E-state index contributed by atoms with van der Waals surface area (Å²) < 4.78 is 29.9. The highest BCUT2D eigenvalue weighted by atomic mass is 19.1. The number of carbonyl (C=O) groups is 1. The average Bonchev–Trinajstić information content (AvgIpc) is 2.95. The van der Waals surface area contributed by atoms with Crippen LogP contribution in [0.3, 0.4) is 0 Å². The summed E-state index contributed by atoms with van der Waals surface area (Å²) in [6.45, 7) is 1.73. The molecule has 0 fully saturated rings. The molecule has 3 aromatic rings. The number of carbonyl (C=O) groups excluding carboxylic acids is 1. The summed E-state index contributed by atoms with van der Waals surface area (Å²) in [6.07, 6.45) is 2.84. The minimum Gasteiger partial charge on any atom is -0.460 e. The molecule has 0 amide bonds. The van der Waals surface area contributed by atoms with E-state index in [2.05, 4.69) is 4.98 Å². The van der Waals surface area contributed by atoms with Gasteiger partial charge >= 0.3 is 5.97 Å². The number of fused-ring (bicyclic) bond motifs is 1. The molecule has 0 unspecified atom stereocenters. The second-order valence-corrected chi connectivity index (χ2v) is 4.83. The second-order valence-electron chi connectivity index (χ2n) is 4.83. The van der Waals surface area contributed by atoms with Crippen LogP contribution in [0.25, 0.3) is 11.0 Å². The maximum absolute atomic E-state index is 14.1. The van der Waals surface area contributed by atoms with Crippen LogP contribution in [-0.2, 0) is 4.74 Å². The maximum atomic E-state index is 14.1. The molecule has 0 atom stereocenters. The third-order valence-corrected chi connectivity index (χ3v) is 3.24. The first-order chi connectivity index (χ1) is 12.0. The average molecular weight is 346 g/mol. The van der Waals surface area contributed by atoms with Gasteiger partial charge in [-0.1, -0.05) is 0 Å². The van der Waals surface area contributed by atoms with Crippen LogP contribution < -0.4 is 4.74 Å². The Bertz CT molecular complexity index is 968. The van der Waals surface area contributed by atoms with Crippen molar-refractivity contribution in [3.05, 3.63) is 58.4 Å². The number of furan rings is 1. The highest BCUT2D eigenvalue weighted by molar-refractivity contribution is 5.98. The Morgan fingerprint density at radius 2 is 2.20 bits per heavy atom. The number of hydrogen-bond donors (Lipinski definition) is 0. The molecule has 2 heterocycles. The number of non-ortho nitro benzene ring substituents is 1. The lowest BCUT2D eigenvalue weighted by Gasteiger charge is -2.07. The molecule has 0 N–H and O–H groups in total. The number of nitro groups is 1. The molecule has 0 saturated carbocycles. The Morgan fingerprint density at radius 3 is 2.88 bits per heavy atom. The number of halogens is 1. The minimum atomic E-state index is -0.956. The lowest BCUT2D eigenvalue weighted by Crippen LogP contribution is -2.05. The van der Waals surface area contributed by atoms with Crippen molar-refractivity contribution in [2.24, 2.45) is 0 Å². The lowest BCUT2D eigenvalue weighted by atomic mass is 10.2. The van der Waals surface area contributed by atoms with Crippen LogP contribution in [0.4, 0.5) is 10.1 Å². The number of pyridine rings is 1. The van der Waals surface area contributed by atoms with Crippen LogP contribution in [0, 0.1) is 15.9 Å². The van der Waals surface area contributed by atoms with Crippen molar-refractivity contribution in [3.8, 4) is 11.5 Å². The fraction of sp³-hybridized carbons (Fsp3) is 0.125. The topological polar surface area (TPSA) is 105 Å². The quantitative estimate of drug-likeness (QED) is 0.392. The fourth-order valence-electron chi connectivity index (χ4n) is 2.15. The molecule has 0 aliphatic heterocycles. The summed E-state index contributed by atoms with van der Waals surface area (Å²) >= 11 is 0. The van der Waals surface area contributed by atoms with E-state index in [9.17, 15) is 19.3 Å². The Kier molecular flexibility index (Phi) is 4.29. The zero-order chi connectivity index (χ0) is 18.0. The molecule has 0 aliphatic carbocycles. The summed E-state index contributed by atoms with van der Waals surface area (Å²) in [6, 6.07) is 4.41. The van der Waals surface area contributed by atoms with Crippen LogP contribution in [0.15, 0.2) is 41.1 Å². The van der Waals surface area contributed by atoms with E-state index in [-0.39, 0.29) is 23.9 Å². The molecule has 3 rings (SSSR count). The predicted molar refractivity (Wildman–Crippen MR) is 83.1 cm³/mol. The number of esters is 1. The van der Waals surface area contributed by atoms with E-state index < -0.39 is 22.4 Å². The van der Waals surface area contributed by atoms with E-state index in [4.69, 9.17) is 13.9 Å². The Labute approximate surface area is 139 Å². The zero-order valence-electron chi connectivity index (χ0n) is 12.9. The molecule has 128 valence electrons. The summed E-state index contributed by atoms with van der Waals surface area (Å²) in [5.74, 6) is -2.36. The zero-order valence-corrected chi connectivity index (χ0v) is 12.9. The van der Waals surface area contributed by atoms with Crippen LogP contribution in [0.5, 0.6) is 11.5 Å². The molecule has 25 heavy (non-hydrogen) atoms. The number of hydrogen-bond acceptors (Lipinski definition) is 7. The molecule has 2 aromatic heterocycles. The normalized spacial score (nSPS) is 10.6. The Hall–Kier alpha value is -3.49. The maximum Gasteiger partial charge on any atom is 0.378 e. The van der Waals surface area contributed by atoms with Crippen molar-refractivity contribution < 1.29 is 28.0 Å². The van der Waals surface area contributed by atoms with Gasteiger partial charge in [0.05, 0.1) is 23.0 Å². The number of nitrogens with zero attached hydrogens (tertiary/aromatic N) is 2. The van der Waals surface area contributed by atoms with Gasteiger partial charge in [-0.2, -0.15) is 0 Å². The van der Waals surface area contributed by atoms with E-state index in [0.717, 1.165) is 18.2 Å². The fourth-order valence-corrected chi connectivity index (χ4v) is 2.15. The summed E-state index contributed by atoms with van der Waals surface area (Å²) in [7, 11) is 0. The largest absolute Gasteiger partial charge is 0.460 e. The standard InChI is InChI=1S/C16H11FN2O6/c1-2-23-16(20)15-14(10-8-18-6-5-12(10)24-15)25-13-4-3-9(19(21)22)7-11(13)17/h3-8H,2H2,1H3. The highest BCUT2D eigenvalue weighted by Gasteiger charge is 2.25. The molecule has 0 bridgehead atoms. The first kappa shape index (κ1) is 16.4. The third kappa shape index (κ3) is 3.11. The molecular weight excluding hydrogens is 335 g/mol. The van der Waals surface area contributed by atoms with Gasteiger partial charge in [0.1, 0.15) is 5.58 Å². The van der Waals surface area contributed by atoms with Crippen LogP contribution >= 0.6 is 0 Å². The minimum absolute atomic E-state index is 0.0747. The number of nitro benzene ring substituents is 1. The van der Waals surface area contributed by atoms with Crippen molar-refractivity contribution >= 4 is 22.6 Å². The molecule has 1 aromatic carbocycles. The van der Waals surface area contributed by atoms with Gasteiger partial charge in [0.2, 0.25) is 0 Å². The molecular formula is C16H11FN2O6. The van der Waals surface area contributed by atoms with E-state index in [0.29, 0.717) is 11.0 Å². The molecule has 0 aliphatic rings. The number of ether oxygens (including phenoxy) is 2. The van der Waals surface area contributed by atoms with Crippen molar-refractivity contribution in [1.82, 2.24) is 4.98 Å². The van der Waals surface area contributed by atoms with Crippen molar-refractivity contribution in [3.63, 3.8) is 0 Å². The van der Waals surface area contributed by atoms with Gasteiger partial charge in [0.15, 0.2) is 17.3 Å². The molecule has 9 heteroatoms. The number of rotatable bonds is 5. The van der Waals surface area contributed by atoms with Gasteiger partial charge in [0, 0.05) is 18.5 Å². The van der Waals surface area contributed by atoms with Gasteiger partial charge < -0.3 is 13.9 Å². The van der Waals surface area contributed by atoms with E-state index in [1.807, 2.05) is 0 Å². The first-order valence-electron chi connectivity index (χ1n) is 7.16.